The van der Waals surface area contributed by atoms with Crippen molar-refractivity contribution in [3.63, 3.8) is 0 Å². The summed E-state index contributed by atoms with van der Waals surface area (Å²) in [5, 5.41) is 1.87. The molecule has 0 fully saturated rings. The van der Waals surface area contributed by atoms with Crippen LogP contribution in [0.25, 0.3) is 22.0 Å². The predicted molar refractivity (Wildman–Crippen MR) is 93.5 cm³/mol. The van der Waals surface area contributed by atoms with Gasteiger partial charge in [-0.05, 0) is 38.2 Å². The van der Waals surface area contributed by atoms with E-state index < -0.39 is 0 Å². The van der Waals surface area contributed by atoms with Crippen LogP contribution in [0.1, 0.15) is 5.56 Å². The van der Waals surface area contributed by atoms with E-state index in [1.54, 1.807) is 6.07 Å². The molecule has 4 rings (SSSR count). The van der Waals surface area contributed by atoms with Gasteiger partial charge in [0, 0.05) is 40.3 Å². The molecule has 3 aromatic rings. The molecule has 0 N–H and O–H groups in total. The van der Waals surface area contributed by atoms with Crippen molar-refractivity contribution in [1.82, 2.24) is 9.47 Å². The molecule has 0 saturated carbocycles. The van der Waals surface area contributed by atoms with E-state index in [0.717, 1.165) is 40.0 Å². The fraction of sp³-hybridized carbons (Fsp3) is 0.263. The van der Waals surface area contributed by atoms with Crippen molar-refractivity contribution >= 4 is 22.5 Å². The van der Waals surface area contributed by atoms with Crippen LogP contribution in [-0.4, -0.2) is 29.6 Å². The molecule has 23 heavy (non-hydrogen) atoms. The maximum absolute atomic E-state index is 14.3. The Morgan fingerprint density at radius 2 is 1.91 bits per heavy atom. The van der Waals surface area contributed by atoms with Gasteiger partial charge in [-0.15, -0.1) is 0 Å². The van der Waals surface area contributed by atoms with Gasteiger partial charge in [-0.1, -0.05) is 35.9 Å². The first-order valence-electron chi connectivity index (χ1n) is 7.78. The van der Waals surface area contributed by atoms with Gasteiger partial charge in [-0.25, -0.2) is 4.39 Å². The lowest BCUT2D eigenvalue weighted by Crippen LogP contribution is -2.36. The average molecular weight is 329 g/mol. The topological polar surface area (TPSA) is 8.17 Å². The van der Waals surface area contributed by atoms with E-state index in [1.165, 1.54) is 6.07 Å². The number of likely N-dealkylation sites (N-methyl/N-ethyl adjacent to an activating group) is 1. The maximum atomic E-state index is 14.3. The van der Waals surface area contributed by atoms with E-state index in [4.69, 9.17) is 11.6 Å². The van der Waals surface area contributed by atoms with Crippen LogP contribution in [0, 0.1) is 5.82 Å². The molecular formula is C19H18ClFN2. The first-order chi connectivity index (χ1) is 11.1. The Kier molecular flexibility index (Phi) is 3.43. The highest BCUT2D eigenvalue weighted by Gasteiger charge is 2.26. The van der Waals surface area contributed by atoms with Crippen molar-refractivity contribution in [2.75, 3.05) is 14.1 Å². The summed E-state index contributed by atoms with van der Waals surface area (Å²) in [4.78, 5) is 2.22. The smallest absolute Gasteiger partial charge is 0.131 e. The molecule has 2 heterocycles. The Labute approximate surface area is 140 Å². The largest absolute Gasteiger partial charge is 0.345 e. The van der Waals surface area contributed by atoms with Gasteiger partial charge in [0.1, 0.15) is 5.82 Å². The van der Waals surface area contributed by atoms with Crippen molar-refractivity contribution in [2.24, 2.45) is 0 Å². The van der Waals surface area contributed by atoms with Crippen molar-refractivity contribution in [1.29, 1.82) is 0 Å². The van der Waals surface area contributed by atoms with Crippen molar-refractivity contribution in [3.8, 4) is 11.1 Å². The third kappa shape index (κ3) is 2.27. The Hall–Kier alpha value is -1.84. The summed E-state index contributed by atoms with van der Waals surface area (Å²) in [5.74, 6) is -0.188. The van der Waals surface area contributed by atoms with E-state index in [1.807, 2.05) is 24.3 Å². The molecule has 0 unspecified atom stereocenters. The summed E-state index contributed by atoms with van der Waals surface area (Å²) in [6.07, 6.45) is 2.99. The van der Waals surface area contributed by atoms with Gasteiger partial charge in [-0.2, -0.15) is 0 Å². The normalized spacial score (nSPS) is 17.2. The van der Waals surface area contributed by atoms with E-state index in [-0.39, 0.29) is 5.82 Å². The predicted octanol–water partition coefficient (Wildman–Crippen LogP) is 4.59. The van der Waals surface area contributed by atoms with Crippen LogP contribution in [-0.2, 0) is 13.0 Å². The highest BCUT2D eigenvalue weighted by molar-refractivity contribution is 6.32. The van der Waals surface area contributed by atoms with Gasteiger partial charge < -0.3 is 9.47 Å². The Balaban J connectivity index is 1.99. The number of rotatable bonds is 2. The molecule has 2 aromatic carbocycles. The summed E-state index contributed by atoms with van der Waals surface area (Å²) in [7, 11) is 4.18. The summed E-state index contributed by atoms with van der Waals surface area (Å²) >= 11 is 6.46. The molecule has 118 valence electrons. The third-order valence-electron chi connectivity index (χ3n) is 4.83. The summed E-state index contributed by atoms with van der Waals surface area (Å²) < 4.78 is 16.5. The minimum atomic E-state index is -0.188. The van der Waals surface area contributed by atoms with Gasteiger partial charge in [0.05, 0.1) is 5.52 Å². The molecule has 0 spiro atoms. The van der Waals surface area contributed by atoms with Crippen LogP contribution in [0.15, 0.2) is 42.6 Å². The fourth-order valence-corrected chi connectivity index (χ4v) is 3.78. The van der Waals surface area contributed by atoms with Crippen molar-refractivity contribution in [3.05, 3.63) is 59.0 Å². The number of aromatic nitrogens is 1. The Morgan fingerprint density at radius 1 is 1.13 bits per heavy atom. The lowest BCUT2D eigenvalue weighted by atomic mass is 9.97. The van der Waals surface area contributed by atoms with Crippen LogP contribution in [0.5, 0.6) is 0 Å². The van der Waals surface area contributed by atoms with E-state index in [0.29, 0.717) is 11.6 Å². The molecule has 0 amide bonds. The first kappa shape index (κ1) is 14.7. The molecule has 1 atom stereocenters. The van der Waals surface area contributed by atoms with E-state index >= 15 is 0 Å². The summed E-state index contributed by atoms with van der Waals surface area (Å²) in [6, 6.07) is 11.3. The quantitative estimate of drug-likeness (QED) is 0.668. The molecule has 0 aliphatic carbocycles. The van der Waals surface area contributed by atoms with E-state index in [2.05, 4.69) is 29.8 Å². The molecule has 1 aliphatic heterocycles. The zero-order chi connectivity index (χ0) is 16.1. The highest BCUT2D eigenvalue weighted by atomic mass is 35.5. The molecule has 1 aliphatic rings. The fourth-order valence-electron chi connectivity index (χ4n) is 3.55. The SMILES string of the molecule is CN(C)[C@H]1Cc2c(Cl)ccc3c(-c4ccccc4F)cn(c23)C1. The second kappa shape index (κ2) is 5.36. The standard InChI is InChI=1S/C19H18ClFN2/c1-22(2)12-9-15-17(20)8-7-14-16(11-23(10-12)19(14)15)13-5-3-4-6-18(13)21/h3-8,11-12H,9-10H2,1-2H3/t12-/m0/s1. The maximum Gasteiger partial charge on any atom is 0.131 e. The minimum Gasteiger partial charge on any atom is -0.345 e. The third-order valence-corrected chi connectivity index (χ3v) is 5.18. The summed E-state index contributed by atoms with van der Waals surface area (Å²) in [5.41, 5.74) is 3.90. The van der Waals surface area contributed by atoms with Crippen molar-refractivity contribution in [2.45, 2.75) is 19.0 Å². The van der Waals surface area contributed by atoms with Crippen LogP contribution in [0.3, 0.4) is 0 Å². The molecule has 0 radical (unpaired) electrons. The minimum absolute atomic E-state index is 0.188. The van der Waals surface area contributed by atoms with Crippen LogP contribution in [0.4, 0.5) is 4.39 Å². The average Bonchev–Trinajstić information content (AvgIpc) is 2.90. The number of hydrogen-bond donors (Lipinski definition) is 0. The summed E-state index contributed by atoms with van der Waals surface area (Å²) in [6.45, 7) is 0.894. The molecule has 2 nitrogen and oxygen atoms in total. The molecule has 1 aromatic heterocycles. The van der Waals surface area contributed by atoms with Crippen LogP contribution in [0.2, 0.25) is 5.02 Å². The van der Waals surface area contributed by atoms with Gasteiger partial charge in [-0.3, -0.25) is 0 Å². The van der Waals surface area contributed by atoms with Gasteiger partial charge in [0.25, 0.3) is 0 Å². The zero-order valence-corrected chi connectivity index (χ0v) is 13.9. The van der Waals surface area contributed by atoms with E-state index in [9.17, 15) is 4.39 Å². The lowest BCUT2D eigenvalue weighted by Gasteiger charge is -2.30. The molecular weight excluding hydrogens is 311 g/mol. The Morgan fingerprint density at radius 3 is 2.65 bits per heavy atom. The second-order valence-electron chi connectivity index (χ2n) is 6.42. The van der Waals surface area contributed by atoms with Crippen LogP contribution < -0.4 is 0 Å². The van der Waals surface area contributed by atoms with Crippen LogP contribution >= 0.6 is 11.6 Å². The molecule has 4 heteroatoms. The number of halogens is 2. The lowest BCUT2D eigenvalue weighted by molar-refractivity contribution is 0.258. The second-order valence-corrected chi connectivity index (χ2v) is 6.83. The number of benzene rings is 2. The monoisotopic (exact) mass is 328 g/mol. The van der Waals surface area contributed by atoms with Gasteiger partial charge in [0.15, 0.2) is 0 Å². The van der Waals surface area contributed by atoms with Gasteiger partial charge >= 0.3 is 0 Å². The zero-order valence-electron chi connectivity index (χ0n) is 13.2. The number of hydrogen-bond acceptors (Lipinski definition) is 1. The highest BCUT2D eigenvalue weighted by Crippen LogP contribution is 2.39. The Bertz CT molecular complexity index is 898. The van der Waals surface area contributed by atoms with Gasteiger partial charge in [0.2, 0.25) is 0 Å². The first-order valence-corrected chi connectivity index (χ1v) is 8.15. The number of nitrogens with zero attached hydrogens (tertiary/aromatic N) is 2. The van der Waals surface area contributed by atoms with Crippen molar-refractivity contribution < 1.29 is 4.39 Å². The molecule has 0 saturated heterocycles. The molecule has 0 bridgehead atoms.